The van der Waals surface area contributed by atoms with E-state index in [1.54, 1.807) is 0 Å². The van der Waals surface area contributed by atoms with Crippen molar-refractivity contribution in [1.82, 2.24) is 0 Å². The van der Waals surface area contributed by atoms with E-state index in [2.05, 4.69) is 39.6 Å². The van der Waals surface area contributed by atoms with Crippen molar-refractivity contribution in [1.29, 1.82) is 0 Å². The van der Waals surface area contributed by atoms with Gasteiger partial charge in [0.15, 0.2) is 0 Å². The maximum absolute atomic E-state index is 10.7. The molecule has 0 aliphatic carbocycles. The highest BCUT2D eigenvalue weighted by Crippen LogP contribution is 2.30. The van der Waals surface area contributed by atoms with Crippen LogP contribution in [0.5, 0.6) is 0 Å². The van der Waals surface area contributed by atoms with E-state index in [9.17, 15) is 5.11 Å². The van der Waals surface area contributed by atoms with Crippen LogP contribution in [0.1, 0.15) is 59.3 Å². The summed E-state index contributed by atoms with van der Waals surface area (Å²) >= 11 is 0. The van der Waals surface area contributed by atoms with E-state index >= 15 is 0 Å². The molecule has 0 aliphatic rings. The summed E-state index contributed by atoms with van der Waals surface area (Å²) in [6.45, 7) is 13.6. The number of hydrogen-bond acceptors (Lipinski definition) is 1. The lowest BCUT2D eigenvalue weighted by Crippen LogP contribution is -2.32. The van der Waals surface area contributed by atoms with Gasteiger partial charge in [-0.15, -0.1) is 0 Å². The van der Waals surface area contributed by atoms with E-state index < -0.39 is 13.7 Å². The molecule has 0 fully saturated rings. The highest BCUT2D eigenvalue weighted by molar-refractivity contribution is 6.76. The molecule has 0 aromatic rings. The molecule has 1 atom stereocenters. The molecule has 0 heterocycles. The summed E-state index contributed by atoms with van der Waals surface area (Å²) in [7, 11) is -1.16. The van der Waals surface area contributed by atoms with Gasteiger partial charge in [0.05, 0.1) is 5.60 Å². The first-order valence-electron chi connectivity index (χ1n) is 7.65. The van der Waals surface area contributed by atoms with Gasteiger partial charge in [-0.1, -0.05) is 65.2 Å². The zero-order chi connectivity index (χ0) is 14.2. The minimum Gasteiger partial charge on any atom is -0.386 e. The maximum Gasteiger partial charge on any atom is 0.0826 e. The summed E-state index contributed by atoms with van der Waals surface area (Å²) in [5, 5.41) is 10.7. The van der Waals surface area contributed by atoms with Gasteiger partial charge in [-0.2, -0.15) is 0 Å². The minimum absolute atomic E-state index is 0.579. The minimum atomic E-state index is -1.16. The second-order valence-electron chi connectivity index (χ2n) is 6.99. The normalized spacial score (nSPS) is 16.7. The summed E-state index contributed by atoms with van der Waals surface area (Å²) < 4.78 is 0. The molecule has 0 bridgehead atoms. The van der Waals surface area contributed by atoms with Crippen LogP contribution in [0.2, 0.25) is 25.7 Å². The summed E-state index contributed by atoms with van der Waals surface area (Å²) in [5.74, 6) is 0. The second-order valence-corrected chi connectivity index (χ2v) is 12.5. The highest BCUT2D eigenvalue weighted by Gasteiger charge is 2.28. The van der Waals surface area contributed by atoms with E-state index in [-0.39, 0.29) is 0 Å². The summed E-state index contributed by atoms with van der Waals surface area (Å²) in [4.78, 5) is 0. The molecule has 0 aliphatic heterocycles. The molecule has 0 spiro atoms. The zero-order valence-corrected chi connectivity index (χ0v) is 14.5. The van der Waals surface area contributed by atoms with Gasteiger partial charge in [-0.05, 0) is 31.4 Å². The van der Waals surface area contributed by atoms with Crippen LogP contribution in [0.15, 0.2) is 11.6 Å². The molecule has 18 heavy (non-hydrogen) atoms. The van der Waals surface area contributed by atoms with E-state index in [0.29, 0.717) is 0 Å². The van der Waals surface area contributed by atoms with Crippen LogP contribution in [0, 0.1) is 0 Å². The van der Waals surface area contributed by atoms with Gasteiger partial charge >= 0.3 is 0 Å². The first-order chi connectivity index (χ1) is 8.23. The number of rotatable bonds is 9. The fraction of sp³-hybridized carbons (Fsp3) is 0.875. The quantitative estimate of drug-likeness (QED) is 0.339. The van der Waals surface area contributed by atoms with Gasteiger partial charge in [0.25, 0.3) is 0 Å². The van der Waals surface area contributed by atoms with E-state index in [1.807, 2.05) is 6.92 Å². The Morgan fingerprint density at radius 3 is 2.11 bits per heavy atom. The summed E-state index contributed by atoms with van der Waals surface area (Å²) in [6, 6.07) is 1.13. The largest absolute Gasteiger partial charge is 0.386 e. The van der Waals surface area contributed by atoms with Crippen LogP contribution in [0.4, 0.5) is 0 Å². The van der Waals surface area contributed by atoms with Crippen molar-refractivity contribution in [3.8, 4) is 0 Å². The molecule has 0 saturated heterocycles. The first kappa shape index (κ1) is 17.9. The molecule has 0 aromatic heterocycles. The van der Waals surface area contributed by atoms with Crippen molar-refractivity contribution in [2.45, 2.75) is 90.6 Å². The third-order valence-electron chi connectivity index (χ3n) is 3.38. The highest BCUT2D eigenvalue weighted by atomic mass is 28.3. The van der Waals surface area contributed by atoms with Gasteiger partial charge in [-0.25, -0.2) is 0 Å². The SMILES string of the molecule is CCCC/C=C(/C[Si](C)(C)C)[C@](C)(O)CCCC. The summed E-state index contributed by atoms with van der Waals surface area (Å²) in [6.07, 6.45) is 9.10. The zero-order valence-electron chi connectivity index (χ0n) is 13.5. The molecule has 0 radical (unpaired) electrons. The lowest BCUT2D eigenvalue weighted by Gasteiger charge is -2.31. The van der Waals surface area contributed by atoms with Gasteiger partial charge in [-0.3, -0.25) is 0 Å². The van der Waals surface area contributed by atoms with Crippen LogP contribution in [-0.2, 0) is 0 Å². The molecular formula is C16H34OSi. The first-order valence-corrected chi connectivity index (χ1v) is 11.4. The Morgan fingerprint density at radius 2 is 1.67 bits per heavy atom. The van der Waals surface area contributed by atoms with Gasteiger partial charge in [0.2, 0.25) is 0 Å². The molecule has 0 unspecified atom stereocenters. The predicted octanol–water partition coefficient (Wildman–Crippen LogP) is 5.38. The number of aliphatic hydroxyl groups is 1. The lowest BCUT2D eigenvalue weighted by molar-refractivity contribution is 0.0859. The molecular weight excluding hydrogens is 236 g/mol. The molecule has 0 amide bonds. The van der Waals surface area contributed by atoms with E-state index in [0.717, 1.165) is 31.7 Å². The second kappa shape index (κ2) is 8.16. The predicted molar refractivity (Wildman–Crippen MR) is 85.9 cm³/mol. The van der Waals surface area contributed by atoms with Crippen LogP contribution in [0.25, 0.3) is 0 Å². The number of allylic oxidation sites excluding steroid dienone is 1. The Labute approximate surface area is 116 Å². The topological polar surface area (TPSA) is 20.2 Å². The van der Waals surface area contributed by atoms with Crippen LogP contribution in [0.3, 0.4) is 0 Å². The molecule has 108 valence electrons. The standard InChI is InChI=1S/C16H34OSi/c1-7-9-11-12-15(14-18(4,5)6)16(3,17)13-10-8-2/h12,17H,7-11,13-14H2,1-6H3/b15-12-/t16-/m1/s1. The smallest absolute Gasteiger partial charge is 0.0826 e. The van der Waals surface area contributed by atoms with Crippen LogP contribution < -0.4 is 0 Å². The monoisotopic (exact) mass is 270 g/mol. The van der Waals surface area contributed by atoms with Gasteiger partial charge in [0, 0.05) is 8.07 Å². The molecule has 2 heteroatoms. The average molecular weight is 271 g/mol. The van der Waals surface area contributed by atoms with Crippen molar-refractivity contribution in [3.05, 3.63) is 11.6 Å². The maximum atomic E-state index is 10.7. The van der Waals surface area contributed by atoms with Crippen molar-refractivity contribution < 1.29 is 5.11 Å². The average Bonchev–Trinajstić information content (AvgIpc) is 2.24. The lowest BCUT2D eigenvalue weighted by atomic mass is 9.90. The fourth-order valence-corrected chi connectivity index (χ4v) is 3.88. The third-order valence-corrected chi connectivity index (χ3v) is 4.82. The molecule has 0 saturated carbocycles. The van der Waals surface area contributed by atoms with E-state index in [1.165, 1.54) is 18.4 Å². The number of unbranched alkanes of at least 4 members (excludes halogenated alkanes) is 3. The Hall–Kier alpha value is -0.0831. The molecule has 0 rings (SSSR count). The fourth-order valence-electron chi connectivity index (χ4n) is 2.22. The van der Waals surface area contributed by atoms with Gasteiger partial charge in [0.1, 0.15) is 0 Å². The number of hydrogen-bond donors (Lipinski definition) is 1. The van der Waals surface area contributed by atoms with Crippen molar-refractivity contribution >= 4 is 8.07 Å². The Bertz CT molecular complexity index is 248. The van der Waals surface area contributed by atoms with Crippen molar-refractivity contribution in [2.75, 3.05) is 0 Å². The molecule has 1 nitrogen and oxygen atoms in total. The Balaban J connectivity index is 4.77. The summed E-state index contributed by atoms with van der Waals surface area (Å²) in [5.41, 5.74) is 0.730. The van der Waals surface area contributed by atoms with Crippen molar-refractivity contribution in [2.24, 2.45) is 0 Å². The van der Waals surface area contributed by atoms with Gasteiger partial charge < -0.3 is 5.11 Å². The van der Waals surface area contributed by atoms with E-state index in [4.69, 9.17) is 0 Å². The molecule has 0 aromatic carbocycles. The third kappa shape index (κ3) is 8.10. The Kier molecular flexibility index (Phi) is 8.12. The molecule has 1 N–H and O–H groups in total. The Morgan fingerprint density at radius 1 is 1.11 bits per heavy atom. The van der Waals surface area contributed by atoms with Crippen LogP contribution in [-0.4, -0.2) is 18.8 Å². The van der Waals surface area contributed by atoms with Crippen LogP contribution >= 0.6 is 0 Å². The van der Waals surface area contributed by atoms with Crippen molar-refractivity contribution in [3.63, 3.8) is 0 Å².